The van der Waals surface area contributed by atoms with Crippen molar-refractivity contribution in [2.75, 3.05) is 36.2 Å². The standard InChI is InChI=1S/C30H30N6O4S/c1-21-3-13-27(14-4-21)41(39,40)34-26-11-5-23(6-12-26)28-15-16-31-30(33-28)32-25-9-7-24(8-10-25)29(38)36-19-17-35(18-20-36)22(2)37/h3-16,34H,17-20H2,1-2H3,(H,31,32,33). The zero-order chi connectivity index (χ0) is 29.0. The van der Waals surface area contributed by atoms with Crippen LogP contribution in [-0.2, 0) is 14.8 Å². The second-order valence-corrected chi connectivity index (χ2v) is 11.4. The van der Waals surface area contributed by atoms with E-state index in [4.69, 9.17) is 0 Å². The van der Waals surface area contributed by atoms with E-state index in [1.54, 1.807) is 102 Å². The van der Waals surface area contributed by atoms with Gasteiger partial charge in [0, 0.05) is 61.8 Å². The van der Waals surface area contributed by atoms with Crippen molar-refractivity contribution in [3.05, 3.63) is 96.2 Å². The number of rotatable bonds is 7. The smallest absolute Gasteiger partial charge is 0.261 e. The number of nitrogens with zero attached hydrogens (tertiary/aromatic N) is 4. The molecule has 4 aromatic rings. The van der Waals surface area contributed by atoms with Crippen LogP contribution < -0.4 is 10.0 Å². The molecule has 0 spiro atoms. The number of nitrogens with one attached hydrogen (secondary N) is 2. The van der Waals surface area contributed by atoms with Gasteiger partial charge in [-0.25, -0.2) is 18.4 Å². The second-order valence-electron chi connectivity index (χ2n) is 9.76. The maximum atomic E-state index is 12.9. The van der Waals surface area contributed by atoms with Crippen LogP contribution in [0.1, 0.15) is 22.8 Å². The predicted octanol–water partition coefficient (Wildman–Crippen LogP) is 4.30. The van der Waals surface area contributed by atoms with Crippen molar-refractivity contribution in [2.45, 2.75) is 18.7 Å². The highest BCUT2D eigenvalue weighted by molar-refractivity contribution is 7.92. The fraction of sp³-hybridized carbons (Fsp3) is 0.200. The van der Waals surface area contributed by atoms with Crippen molar-refractivity contribution in [1.29, 1.82) is 0 Å². The Balaban J connectivity index is 1.21. The molecule has 1 fully saturated rings. The van der Waals surface area contributed by atoms with Crippen LogP contribution in [0.2, 0.25) is 0 Å². The number of amides is 2. The van der Waals surface area contributed by atoms with Crippen LogP contribution >= 0.6 is 0 Å². The summed E-state index contributed by atoms with van der Waals surface area (Å²) in [5.74, 6) is 0.339. The fourth-order valence-corrected chi connectivity index (χ4v) is 5.51. The summed E-state index contributed by atoms with van der Waals surface area (Å²) >= 11 is 0. The van der Waals surface area contributed by atoms with E-state index in [1.165, 1.54) is 0 Å². The topological polar surface area (TPSA) is 125 Å². The number of aryl methyl sites for hydroxylation is 1. The van der Waals surface area contributed by atoms with E-state index in [0.29, 0.717) is 49.1 Å². The lowest BCUT2D eigenvalue weighted by Gasteiger charge is -2.34. The molecule has 41 heavy (non-hydrogen) atoms. The first-order valence-corrected chi connectivity index (χ1v) is 14.6. The minimum Gasteiger partial charge on any atom is -0.339 e. The maximum absolute atomic E-state index is 12.9. The van der Waals surface area contributed by atoms with Crippen LogP contribution in [0.5, 0.6) is 0 Å². The first-order chi connectivity index (χ1) is 19.7. The fourth-order valence-electron chi connectivity index (χ4n) is 4.45. The lowest BCUT2D eigenvalue weighted by Crippen LogP contribution is -2.50. The Morgan fingerprint density at radius 2 is 1.39 bits per heavy atom. The zero-order valence-electron chi connectivity index (χ0n) is 22.7. The molecule has 0 radical (unpaired) electrons. The number of piperazine rings is 1. The lowest BCUT2D eigenvalue weighted by molar-refractivity contribution is -0.130. The highest BCUT2D eigenvalue weighted by atomic mass is 32.2. The summed E-state index contributed by atoms with van der Waals surface area (Å²) in [5, 5.41) is 3.16. The Morgan fingerprint density at radius 1 is 0.780 bits per heavy atom. The Hall–Kier alpha value is -4.77. The molecule has 1 saturated heterocycles. The molecule has 0 unspecified atom stereocenters. The van der Waals surface area contributed by atoms with Crippen molar-refractivity contribution >= 4 is 39.2 Å². The number of carbonyl (C=O) groups is 2. The third-order valence-electron chi connectivity index (χ3n) is 6.82. The van der Waals surface area contributed by atoms with Gasteiger partial charge in [0.25, 0.3) is 15.9 Å². The monoisotopic (exact) mass is 570 g/mol. The summed E-state index contributed by atoms with van der Waals surface area (Å²) in [6.07, 6.45) is 1.64. The number of hydrogen-bond donors (Lipinski definition) is 2. The van der Waals surface area contributed by atoms with Gasteiger partial charge in [0.1, 0.15) is 0 Å². The van der Waals surface area contributed by atoms with Gasteiger partial charge < -0.3 is 15.1 Å². The third-order valence-corrected chi connectivity index (χ3v) is 8.22. The molecule has 10 nitrogen and oxygen atoms in total. The van der Waals surface area contributed by atoms with Gasteiger partial charge in [-0.05, 0) is 61.5 Å². The Bertz CT molecular complexity index is 1650. The molecule has 3 aromatic carbocycles. The summed E-state index contributed by atoms with van der Waals surface area (Å²) in [7, 11) is -3.69. The lowest BCUT2D eigenvalue weighted by atomic mass is 10.1. The van der Waals surface area contributed by atoms with Crippen molar-refractivity contribution in [1.82, 2.24) is 19.8 Å². The maximum Gasteiger partial charge on any atom is 0.261 e. The van der Waals surface area contributed by atoms with Crippen LogP contribution in [0.15, 0.2) is 90.0 Å². The van der Waals surface area contributed by atoms with Crippen LogP contribution in [0.25, 0.3) is 11.3 Å². The largest absolute Gasteiger partial charge is 0.339 e. The van der Waals surface area contributed by atoms with Gasteiger partial charge in [0.15, 0.2) is 0 Å². The van der Waals surface area contributed by atoms with Gasteiger partial charge >= 0.3 is 0 Å². The summed E-state index contributed by atoms with van der Waals surface area (Å²) in [6, 6.07) is 22.5. The molecule has 1 aromatic heterocycles. The van der Waals surface area contributed by atoms with Crippen LogP contribution in [0, 0.1) is 6.92 Å². The molecule has 2 N–H and O–H groups in total. The number of carbonyl (C=O) groups excluding carboxylic acids is 2. The summed E-state index contributed by atoms with van der Waals surface area (Å²) in [6.45, 7) is 5.55. The number of anilines is 3. The average molecular weight is 571 g/mol. The summed E-state index contributed by atoms with van der Waals surface area (Å²) in [5.41, 5.74) is 4.17. The molecule has 0 saturated carbocycles. The zero-order valence-corrected chi connectivity index (χ0v) is 23.6. The van der Waals surface area contributed by atoms with Gasteiger partial charge in [-0.15, -0.1) is 0 Å². The minimum absolute atomic E-state index is 0.0252. The van der Waals surface area contributed by atoms with Gasteiger partial charge in [0.05, 0.1) is 10.6 Å². The molecule has 2 amide bonds. The van der Waals surface area contributed by atoms with Gasteiger partial charge in [-0.1, -0.05) is 29.8 Å². The molecule has 2 heterocycles. The number of benzene rings is 3. The van der Waals surface area contributed by atoms with Gasteiger partial charge in [-0.3, -0.25) is 14.3 Å². The molecule has 5 rings (SSSR count). The Labute approximate surface area is 239 Å². The van der Waals surface area contributed by atoms with Crippen molar-refractivity contribution in [3.63, 3.8) is 0 Å². The normalized spacial score (nSPS) is 13.5. The van der Waals surface area contributed by atoms with Crippen molar-refractivity contribution in [2.24, 2.45) is 0 Å². The number of aromatic nitrogens is 2. The van der Waals surface area contributed by atoms with Gasteiger partial charge in [0.2, 0.25) is 11.9 Å². The third kappa shape index (κ3) is 6.69. The van der Waals surface area contributed by atoms with Crippen molar-refractivity contribution in [3.8, 4) is 11.3 Å². The van der Waals surface area contributed by atoms with E-state index < -0.39 is 10.0 Å². The molecule has 1 aliphatic rings. The Kier molecular flexibility index (Phi) is 7.97. The van der Waals surface area contributed by atoms with Crippen LogP contribution in [-0.4, -0.2) is 66.2 Å². The molecule has 11 heteroatoms. The van der Waals surface area contributed by atoms with E-state index in [2.05, 4.69) is 20.0 Å². The number of sulfonamides is 1. The van der Waals surface area contributed by atoms with Crippen LogP contribution in [0.3, 0.4) is 0 Å². The van der Waals surface area contributed by atoms with E-state index >= 15 is 0 Å². The SMILES string of the molecule is CC(=O)N1CCN(C(=O)c2ccc(Nc3nccc(-c4ccc(NS(=O)(=O)c5ccc(C)cc5)cc4)n3)cc2)CC1. The predicted molar refractivity (Wildman–Crippen MR) is 157 cm³/mol. The number of hydrogen-bond acceptors (Lipinski definition) is 7. The van der Waals surface area contributed by atoms with Gasteiger partial charge in [-0.2, -0.15) is 0 Å². The quantitative estimate of drug-likeness (QED) is 0.339. The molecule has 1 aliphatic heterocycles. The Morgan fingerprint density at radius 3 is 2.02 bits per heavy atom. The molecular weight excluding hydrogens is 540 g/mol. The van der Waals surface area contributed by atoms with E-state index in [1.807, 2.05) is 6.92 Å². The first kappa shape index (κ1) is 27.8. The molecule has 0 atom stereocenters. The highest BCUT2D eigenvalue weighted by Gasteiger charge is 2.23. The van der Waals surface area contributed by atoms with Crippen molar-refractivity contribution < 1.29 is 18.0 Å². The second kappa shape index (κ2) is 11.8. The molecule has 210 valence electrons. The summed E-state index contributed by atoms with van der Waals surface area (Å²) < 4.78 is 28.0. The van der Waals surface area contributed by atoms with E-state index in [-0.39, 0.29) is 16.7 Å². The van der Waals surface area contributed by atoms with Crippen LogP contribution in [0.4, 0.5) is 17.3 Å². The minimum atomic E-state index is -3.69. The highest BCUT2D eigenvalue weighted by Crippen LogP contribution is 2.23. The molecule has 0 bridgehead atoms. The average Bonchev–Trinajstić information content (AvgIpc) is 2.98. The van der Waals surface area contributed by atoms with E-state index in [9.17, 15) is 18.0 Å². The summed E-state index contributed by atoms with van der Waals surface area (Å²) in [4.78, 5) is 37.0. The first-order valence-electron chi connectivity index (χ1n) is 13.1. The molecule has 0 aliphatic carbocycles. The van der Waals surface area contributed by atoms with E-state index in [0.717, 1.165) is 16.8 Å². The molecular formula is C30H30N6O4S.